The maximum atomic E-state index is 12.1. The van der Waals surface area contributed by atoms with E-state index in [1.807, 2.05) is 0 Å². The second kappa shape index (κ2) is 7.37. The van der Waals surface area contributed by atoms with Crippen molar-refractivity contribution in [2.75, 3.05) is 33.0 Å². The Balaban J connectivity index is 2.63. The monoisotopic (exact) mass is 300 g/mol. The molecule has 0 saturated carbocycles. The van der Waals surface area contributed by atoms with E-state index >= 15 is 0 Å². The van der Waals surface area contributed by atoms with Gasteiger partial charge in [0.05, 0.1) is 24.3 Å². The lowest BCUT2D eigenvalue weighted by Crippen LogP contribution is -2.31. The highest BCUT2D eigenvalue weighted by molar-refractivity contribution is 7.91. The van der Waals surface area contributed by atoms with Gasteiger partial charge in [-0.3, -0.25) is 9.69 Å². The van der Waals surface area contributed by atoms with Crippen molar-refractivity contribution in [3.05, 3.63) is 29.8 Å². The number of carbonyl (C=O) groups excluding carboxylic acids is 1. The number of nitrogens with zero attached hydrogens (tertiary/aromatic N) is 1. The number of likely N-dealkylation sites (N-methyl/N-ethyl adjacent to an activating group) is 1. The van der Waals surface area contributed by atoms with Crippen LogP contribution in [0.3, 0.4) is 0 Å². The summed E-state index contributed by atoms with van der Waals surface area (Å²) in [6.07, 6.45) is 0. The van der Waals surface area contributed by atoms with Gasteiger partial charge in [0.2, 0.25) is 0 Å². The predicted octanol–water partition coefficient (Wildman–Crippen LogP) is 0.0238. The van der Waals surface area contributed by atoms with Crippen molar-refractivity contribution in [2.24, 2.45) is 5.73 Å². The van der Waals surface area contributed by atoms with Gasteiger partial charge in [0.15, 0.2) is 9.84 Å². The molecule has 0 amide bonds. The highest BCUT2D eigenvalue weighted by Gasteiger charge is 2.16. The molecule has 2 N–H and O–H groups in total. The Morgan fingerprint density at radius 2 is 1.90 bits per heavy atom. The second-order valence-electron chi connectivity index (χ2n) is 4.48. The number of hydrogen-bond donors (Lipinski definition) is 1. The fourth-order valence-corrected chi connectivity index (χ4v) is 2.93. The van der Waals surface area contributed by atoms with Crippen LogP contribution in [0, 0.1) is 0 Å². The molecule has 0 bridgehead atoms. The summed E-state index contributed by atoms with van der Waals surface area (Å²) in [5.41, 5.74) is 6.35. The number of nitrogens with two attached hydrogens (primary N) is 1. The third-order valence-corrected chi connectivity index (χ3v) is 4.60. The Bertz CT molecular complexity index is 540. The lowest BCUT2D eigenvalue weighted by molar-refractivity contribution is -0.141. The molecule has 0 aliphatic heterocycles. The first-order chi connectivity index (χ1) is 9.39. The van der Waals surface area contributed by atoms with Crippen LogP contribution in [0.25, 0.3) is 0 Å². The molecule has 20 heavy (non-hydrogen) atoms. The first-order valence-electron chi connectivity index (χ1n) is 6.16. The van der Waals surface area contributed by atoms with Crippen LogP contribution in [0.1, 0.15) is 5.56 Å². The zero-order valence-corrected chi connectivity index (χ0v) is 12.5. The Morgan fingerprint density at radius 1 is 1.30 bits per heavy atom. The quantitative estimate of drug-likeness (QED) is 0.714. The van der Waals surface area contributed by atoms with Gasteiger partial charge >= 0.3 is 5.97 Å². The lowest BCUT2D eigenvalue weighted by Gasteiger charge is -2.15. The topological polar surface area (TPSA) is 89.7 Å². The standard InChI is InChI=1S/C13H20N2O4S/c1-15(10-13(16)19-2)7-8-20(17,18)12-5-3-11(9-14)4-6-12/h3-6H,7-10,14H2,1-2H3. The molecule has 0 heterocycles. The summed E-state index contributed by atoms with van der Waals surface area (Å²) in [5.74, 6) is -0.445. The molecule has 0 fully saturated rings. The summed E-state index contributed by atoms with van der Waals surface area (Å²) in [6.45, 7) is 0.705. The van der Waals surface area contributed by atoms with Gasteiger partial charge in [-0.2, -0.15) is 0 Å². The maximum absolute atomic E-state index is 12.1. The van der Waals surface area contributed by atoms with Gasteiger partial charge in [-0.25, -0.2) is 8.42 Å². The van der Waals surface area contributed by atoms with Gasteiger partial charge in [-0.15, -0.1) is 0 Å². The number of sulfone groups is 1. The third-order valence-electron chi connectivity index (χ3n) is 2.89. The van der Waals surface area contributed by atoms with Crippen LogP contribution in [-0.2, 0) is 25.9 Å². The van der Waals surface area contributed by atoms with Gasteiger partial charge in [-0.05, 0) is 24.7 Å². The van der Waals surface area contributed by atoms with E-state index < -0.39 is 15.8 Å². The largest absolute Gasteiger partial charge is 0.468 e. The molecule has 0 radical (unpaired) electrons. The summed E-state index contributed by atoms with van der Waals surface area (Å²) in [6, 6.07) is 6.51. The van der Waals surface area contributed by atoms with Crippen molar-refractivity contribution in [2.45, 2.75) is 11.4 Å². The van der Waals surface area contributed by atoms with Crippen molar-refractivity contribution < 1.29 is 17.9 Å². The number of hydrogen-bond acceptors (Lipinski definition) is 6. The summed E-state index contributed by atoms with van der Waals surface area (Å²) >= 11 is 0. The average Bonchev–Trinajstić information content (AvgIpc) is 2.45. The van der Waals surface area contributed by atoms with E-state index in [9.17, 15) is 13.2 Å². The minimum Gasteiger partial charge on any atom is -0.468 e. The van der Waals surface area contributed by atoms with Crippen LogP contribution in [-0.4, -0.2) is 52.3 Å². The SMILES string of the molecule is COC(=O)CN(C)CCS(=O)(=O)c1ccc(CN)cc1. The van der Waals surface area contributed by atoms with E-state index in [0.29, 0.717) is 6.54 Å². The number of esters is 1. The minimum absolute atomic E-state index is 0.0531. The van der Waals surface area contributed by atoms with Crippen molar-refractivity contribution in [1.29, 1.82) is 0 Å². The van der Waals surface area contributed by atoms with Crippen LogP contribution in [0.15, 0.2) is 29.2 Å². The van der Waals surface area contributed by atoms with E-state index in [1.165, 1.54) is 7.11 Å². The molecular weight excluding hydrogens is 280 g/mol. The van der Waals surface area contributed by atoms with E-state index in [-0.39, 0.29) is 23.7 Å². The molecule has 1 aromatic rings. The first kappa shape index (κ1) is 16.6. The van der Waals surface area contributed by atoms with Crippen molar-refractivity contribution >= 4 is 15.8 Å². The van der Waals surface area contributed by atoms with E-state index in [1.54, 1.807) is 36.2 Å². The normalized spacial score (nSPS) is 11.6. The van der Waals surface area contributed by atoms with Gasteiger partial charge in [0.25, 0.3) is 0 Å². The highest BCUT2D eigenvalue weighted by Crippen LogP contribution is 2.12. The highest BCUT2D eigenvalue weighted by atomic mass is 32.2. The molecule has 1 aromatic carbocycles. The molecule has 0 aliphatic carbocycles. The Morgan fingerprint density at radius 3 is 2.40 bits per heavy atom. The molecule has 6 nitrogen and oxygen atoms in total. The molecular formula is C13H20N2O4S. The lowest BCUT2D eigenvalue weighted by atomic mass is 10.2. The number of rotatable bonds is 7. The molecule has 0 unspecified atom stereocenters. The molecule has 0 aromatic heterocycles. The van der Waals surface area contributed by atoms with Crippen molar-refractivity contribution in [3.63, 3.8) is 0 Å². The molecule has 0 aliphatic rings. The molecule has 7 heteroatoms. The van der Waals surface area contributed by atoms with Gasteiger partial charge < -0.3 is 10.5 Å². The number of ether oxygens (including phenoxy) is 1. The van der Waals surface area contributed by atoms with Gasteiger partial charge in [0.1, 0.15) is 0 Å². The number of benzene rings is 1. The zero-order chi connectivity index (χ0) is 15.2. The molecule has 112 valence electrons. The predicted molar refractivity (Wildman–Crippen MR) is 75.9 cm³/mol. The maximum Gasteiger partial charge on any atom is 0.319 e. The average molecular weight is 300 g/mol. The summed E-state index contributed by atoms with van der Waals surface area (Å²) in [4.78, 5) is 12.9. The van der Waals surface area contributed by atoms with E-state index in [4.69, 9.17) is 5.73 Å². The molecule has 0 atom stereocenters. The summed E-state index contributed by atoms with van der Waals surface area (Å²) in [5, 5.41) is 0. The zero-order valence-electron chi connectivity index (χ0n) is 11.7. The van der Waals surface area contributed by atoms with Crippen LogP contribution >= 0.6 is 0 Å². The van der Waals surface area contributed by atoms with E-state index in [2.05, 4.69) is 4.74 Å². The molecule has 0 spiro atoms. The Kier molecular flexibility index (Phi) is 6.12. The number of methoxy groups -OCH3 is 1. The third kappa shape index (κ3) is 4.92. The smallest absolute Gasteiger partial charge is 0.319 e. The first-order valence-corrected chi connectivity index (χ1v) is 7.81. The minimum atomic E-state index is -3.36. The fourth-order valence-electron chi connectivity index (χ4n) is 1.59. The summed E-state index contributed by atoms with van der Waals surface area (Å²) < 4.78 is 28.8. The molecule has 1 rings (SSSR count). The van der Waals surface area contributed by atoms with Crippen molar-refractivity contribution in [1.82, 2.24) is 4.90 Å². The van der Waals surface area contributed by atoms with E-state index in [0.717, 1.165) is 5.56 Å². The second-order valence-corrected chi connectivity index (χ2v) is 6.59. The number of carbonyl (C=O) groups is 1. The van der Waals surface area contributed by atoms with Gasteiger partial charge in [-0.1, -0.05) is 12.1 Å². The molecule has 0 saturated heterocycles. The van der Waals surface area contributed by atoms with Crippen LogP contribution < -0.4 is 5.73 Å². The van der Waals surface area contributed by atoms with Gasteiger partial charge in [0, 0.05) is 13.1 Å². The van der Waals surface area contributed by atoms with Crippen LogP contribution in [0.2, 0.25) is 0 Å². The fraction of sp³-hybridized carbons (Fsp3) is 0.462. The Hall–Kier alpha value is -1.44. The van der Waals surface area contributed by atoms with Crippen molar-refractivity contribution in [3.8, 4) is 0 Å². The van der Waals surface area contributed by atoms with Crippen LogP contribution in [0.4, 0.5) is 0 Å². The summed E-state index contributed by atoms with van der Waals surface area (Å²) in [7, 11) is -0.389. The Labute approximate surface area is 119 Å². The van der Waals surface area contributed by atoms with Crippen LogP contribution in [0.5, 0.6) is 0 Å².